The van der Waals surface area contributed by atoms with Crippen molar-refractivity contribution in [1.29, 1.82) is 5.41 Å². The van der Waals surface area contributed by atoms with E-state index in [0.29, 0.717) is 23.0 Å². The quantitative estimate of drug-likeness (QED) is 0.446. The smallest absolute Gasteiger partial charge is 0.254 e. The third-order valence-electron chi connectivity index (χ3n) is 6.68. The van der Waals surface area contributed by atoms with Crippen molar-refractivity contribution in [3.63, 3.8) is 0 Å². The number of methoxy groups -OCH3 is 1. The van der Waals surface area contributed by atoms with E-state index in [9.17, 15) is 4.79 Å². The zero-order chi connectivity index (χ0) is 23.2. The standard InChI is InChI=1S/C27H26ClN3O2/c1-17(29)19-13-21(15-22(14-19)33-2)30-25(18-7-9-20(28)10-8-18)26(32)31-16-27(11-12-27)23-5-3-4-6-24(23)31/h3-10,13-15,25,29-30H,11-12,16H2,1-2H3. The molecule has 1 saturated carbocycles. The molecule has 2 aliphatic rings. The molecule has 1 atom stereocenters. The van der Waals surface area contributed by atoms with Gasteiger partial charge in [0.15, 0.2) is 0 Å². The lowest BCUT2D eigenvalue weighted by molar-refractivity contribution is -0.119. The fraction of sp³-hybridized carbons (Fsp3) is 0.259. The van der Waals surface area contributed by atoms with Crippen LogP contribution in [0.25, 0.3) is 0 Å². The fourth-order valence-electron chi connectivity index (χ4n) is 4.69. The highest BCUT2D eigenvalue weighted by Crippen LogP contribution is 2.56. The van der Waals surface area contributed by atoms with Gasteiger partial charge in [0.1, 0.15) is 11.8 Å². The zero-order valence-corrected chi connectivity index (χ0v) is 19.4. The van der Waals surface area contributed by atoms with Crippen molar-refractivity contribution in [2.24, 2.45) is 0 Å². The molecule has 3 aromatic carbocycles. The van der Waals surface area contributed by atoms with Gasteiger partial charge in [0, 0.05) is 45.7 Å². The molecule has 0 bridgehead atoms. The molecular weight excluding hydrogens is 434 g/mol. The van der Waals surface area contributed by atoms with E-state index in [2.05, 4.69) is 17.4 Å². The summed E-state index contributed by atoms with van der Waals surface area (Å²) < 4.78 is 5.44. The summed E-state index contributed by atoms with van der Waals surface area (Å²) in [5.41, 5.74) is 5.10. The Balaban J connectivity index is 1.54. The number of nitrogens with zero attached hydrogens (tertiary/aromatic N) is 1. The van der Waals surface area contributed by atoms with E-state index in [1.807, 2.05) is 47.4 Å². The number of hydrogen-bond acceptors (Lipinski definition) is 4. The Morgan fingerprint density at radius 3 is 2.52 bits per heavy atom. The van der Waals surface area contributed by atoms with Crippen molar-refractivity contribution in [2.75, 3.05) is 23.9 Å². The number of nitrogens with one attached hydrogen (secondary N) is 2. The topological polar surface area (TPSA) is 65.4 Å². The Hall–Kier alpha value is -3.31. The van der Waals surface area contributed by atoms with Crippen LogP contribution >= 0.6 is 11.6 Å². The third kappa shape index (κ3) is 3.98. The van der Waals surface area contributed by atoms with Crippen LogP contribution < -0.4 is 15.0 Å². The van der Waals surface area contributed by atoms with Crippen LogP contribution in [0.2, 0.25) is 5.02 Å². The van der Waals surface area contributed by atoms with E-state index in [1.54, 1.807) is 26.2 Å². The number of rotatable bonds is 6. The van der Waals surface area contributed by atoms with Crippen molar-refractivity contribution < 1.29 is 9.53 Å². The number of halogens is 1. The van der Waals surface area contributed by atoms with Gasteiger partial charge < -0.3 is 20.4 Å². The average Bonchev–Trinajstić information content (AvgIpc) is 3.54. The molecule has 33 heavy (non-hydrogen) atoms. The summed E-state index contributed by atoms with van der Waals surface area (Å²) >= 11 is 6.14. The van der Waals surface area contributed by atoms with Gasteiger partial charge in [0.2, 0.25) is 0 Å². The SMILES string of the molecule is COc1cc(NC(C(=O)N2CC3(CC3)c3ccccc32)c2ccc(Cl)cc2)cc(C(C)=N)c1. The lowest BCUT2D eigenvalue weighted by atomic mass is 9.99. The van der Waals surface area contributed by atoms with Gasteiger partial charge in [-0.25, -0.2) is 0 Å². The molecule has 1 spiro atoms. The van der Waals surface area contributed by atoms with Gasteiger partial charge in [0.25, 0.3) is 5.91 Å². The van der Waals surface area contributed by atoms with Crippen LogP contribution in [0.4, 0.5) is 11.4 Å². The number of carbonyl (C=O) groups is 1. The zero-order valence-electron chi connectivity index (χ0n) is 18.7. The summed E-state index contributed by atoms with van der Waals surface area (Å²) in [6.07, 6.45) is 2.23. The average molecular weight is 460 g/mol. The minimum absolute atomic E-state index is 0.00973. The summed E-state index contributed by atoms with van der Waals surface area (Å²) in [7, 11) is 1.60. The summed E-state index contributed by atoms with van der Waals surface area (Å²) in [5, 5.41) is 12.1. The maximum Gasteiger partial charge on any atom is 0.254 e. The first-order valence-electron chi connectivity index (χ1n) is 11.1. The van der Waals surface area contributed by atoms with Gasteiger partial charge >= 0.3 is 0 Å². The van der Waals surface area contributed by atoms with Gasteiger partial charge in [-0.2, -0.15) is 0 Å². The number of anilines is 2. The van der Waals surface area contributed by atoms with Gasteiger partial charge in [-0.05, 0) is 61.2 Å². The number of carbonyl (C=O) groups excluding carboxylic acids is 1. The highest BCUT2D eigenvalue weighted by Gasteiger charge is 2.53. The van der Waals surface area contributed by atoms with Crippen LogP contribution in [0.5, 0.6) is 5.75 Å². The molecule has 168 valence electrons. The van der Waals surface area contributed by atoms with Crippen LogP contribution in [-0.4, -0.2) is 25.3 Å². The minimum atomic E-state index is -0.616. The molecule has 1 fully saturated rings. The first-order chi connectivity index (χ1) is 15.9. The minimum Gasteiger partial charge on any atom is -0.497 e. The summed E-state index contributed by atoms with van der Waals surface area (Å²) in [5.74, 6) is 0.622. The Morgan fingerprint density at radius 2 is 1.85 bits per heavy atom. The normalized spacial score (nSPS) is 16.3. The highest BCUT2D eigenvalue weighted by molar-refractivity contribution is 6.30. The second kappa shape index (κ2) is 8.23. The van der Waals surface area contributed by atoms with E-state index < -0.39 is 6.04 Å². The molecule has 1 aliphatic carbocycles. The third-order valence-corrected chi connectivity index (χ3v) is 6.94. The molecule has 1 amide bonds. The second-order valence-corrected chi connectivity index (χ2v) is 9.36. The van der Waals surface area contributed by atoms with Crippen molar-refractivity contribution >= 4 is 34.6 Å². The molecule has 1 heterocycles. The number of para-hydroxylation sites is 1. The highest BCUT2D eigenvalue weighted by atomic mass is 35.5. The van der Waals surface area contributed by atoms with Gasteiger partial charge in [-0.1, -0.05) is 41.9 Å². The summed E-state index contributed by atoms with van der Waals surface area (Å²) in [4.78, 5) is 16.0. The molecule has 5 nitrogen and oxygen atoms in total. The predicted octanol–water partition coefficient (Wildman–Crippen LogP) is 5.97. The molecular formula is C27H26ClN3O2. The second-order valence-electron chi connectivity index (χ2n) is 8.93. The molecule has 1 aliphatic heterocycles. The van der Waals surface area contributed by atoms with Gasteiger partial charge in [-0.3, -0.25) is 4.79 Å². The Bertz CT molecular complexity index is 1230. The first-order valence-corrected chi connectivity index (χ1v) is 11.5. The Labute approximate surface area is 198 Å². The molecule has 1 unspecified atom stereocenters. The van der Waals surface area contributed by atoms with Crippen molar-refractivity contribution in [2.45, 2.75) is 31.2 Å². The Kier molecular flexibility index (Phi) is 5.37. The van der Waals surface area contributed by atoms with Crippen LogP contribution in [-0.2, 0) is 10.2 Å². The maximum atomic E-state index is 14.0. The van der Waals surface area contributed by atoms with E-state index in [0.717, 1.165) is 35.3 Å². The van der Waals surface area contributed by atoms with Crippen LogP contribution in [0.1, 0.15) is 42.5 Å². The molecule has 0 aromatic heterocycles. The fourth-order valence-corrected chi connectivity index (χ4v) is 4.81. The van der Waals surface area contributed by atoms with E-state index in [4.69, 9.17) is 21.7 Å². The number of hydrogen-bond donors (Lipinski definition) is 2. The van der Waals surface area contributed by atoms with Gasteiger partial charge in [0.05, 0.1) is 7.11 Å². The lowest BCUT2D eigenvalue weighted by Crippen LogP contribution is -2.38. The monoisotopic (exact) mass is 459 g/mol. The number of amides is 1. The van der Waals surface area contributed by atoms with E-state index in [1.165, 1.54) is 5.56 Å². The maximum absolute atomic E-state index is 14.0. The molecule has 3 aromatic rings. The molecule has 5 rings (SSSR count). The molecule has 0 radical (unpaired) electrons. The van der Waals surface area contributed by atoms with E-state index >= 15 is 0 Å². The molecule has 2 N–H and O–H groups in total. The summed E-state index contributed by atoms with van der Waals surface area (Å²) in [6, 6.07) is 20.6. The summed E-state index contributed by atoms with van der Waals surface area (Å²) in [6.45, 7) is 2.44. The van der Waals surface area contributed by atoms with E-state index in [-0.39, 0.29) is 11.3 Å². The lowest BCUT2D eigenvalue weighted by Gasteiger charge is -2.27. The molecule has 0 saturated heterocycles. The number of fused-ring (bicyclic) bond motifs is 2. The molecule has 6 heteroatoms. The van der Waals surface area contributed by atoms with Crippen molar-refractivity contribution in [3.8, 4) is 5.75 Å². The Morgan fingerprint density at radius 1 is 1.12 bits per heavy atom. The van der Waals surface area contributed by atoms with Crippen LogP contribution in [0, 0.1) is 5.41 Å². The van der Waals surface area contributed by atoms with Crippen molar-refractivity contribution in [3.05, 3.63) is 88.4 Å². The van der Waals surface area contributed by atoms with Crippen LogP contribution in [0.15, 0.2) is 66.7 Å². The van der Waals surface area contributed by atoms with Crippen molar-refractivity contribution in [1.82, 2.24) is 0 Å². The van der Waals surface area contributed by atoms with Gasteiger partial charge in [-0.15, -0.1) is 0 Å². The van der Waals surface area contributed by atoms with Crippen LogP contribution in [0.3, 0.4) is 0 Å². The number of ether oxygens (including phenoxy) is 1. The number of benzene rings is 3. The predicted molar refractivity (Wildman–Crippen MR) is 133 cm³/mol. The largest absolute Gasteiger partial charge is 0.497 e. The first kappa shape index (κ1) is 21.5.